The first-order chi connectivity index (χ1) is 17.4. The Kier molecular flexibility index (Phi) is 5.77. The number of hydrogen-bond acceptors (Lipinski definition) is 7. The lowest BCUT2D eigenvalue weighted by Gasteiger charge is -2.24. The molecule has 3 amide bonds. The number of nitro benzene ring substituents is 1. The third-order valence-corrected chi connectivity index (χ3v) is 6.23. The van der Waals surface area contributed by atoms with Crippen molar-refractivity contribution in [3.8, 4) is 5.75 Å². The molecule has 180 valence electrons. The topological polar surface area (TPSA) is 122 Å². The van der Waals surface area contributed by atoms with E-state index in [0.717, 1.165) is 28.2 Å². The maximum atomic E-state index is 13.4. The number of amides is 3. The zero-order valence-corrected chi connectivity index (χ0v) is 19.2. The largest absolute Gasteiger partial charge is 0.497 e. The van der Waals surface area contributed by atoms with Crippen LogP contribution in [0, 0.1) is 10.1 Å². The number of methoxy groups -OCH3 is 1. The molecule has 0 bridgehead atoms. The number of ether oxygens (including phenoxy) is 1. The van der Waals surface area contributed by atoms with Crippen molar-refractivity contribution in [3.05, 3.63) is 105 Å². The molecular formula is C26H20N4O6. The fraction of sp³-hybridized carbons (Fsp3) is 0.154. The number of hydrazone groups is 1. The molecule has 0 N–H and O–H groups in total. The molecule has 36 heavy (non-hydrogen) atoms. The van der Waals surface area contributed by atoms with E-state index in [9.17, 15) is 24.5 Å². The van der Waals surface area contributed by atoms with Gasteiger partial charge in [-0.1, -0.05) is 42.5 Å². The fourth-order valence-corrected chi connectivity index (χ4v) is 4.37. The second kappa shape index (κ2) is 9.06. The van der Waals surface area contributed by atoms with E-state index in [1.807, 2.05) is 42.5 Å². The molecular weight excluding hydrogens is 464 g/mol. The van der Waals surface area contributed by atoms with Crippen LogP contribution >= 0.6 is 0 Å². The average Bonchev–Trinajstić information content (AvgIpc) is 3.45. The van der Waals surface area contributed by atoms with Gasteiger partial charge in [0.15, 0.2) is 0 Å². The average molecular weight is 484 g/mol. The molecule has 3 aromatic carbocycles. The highest BCUT2D eigenvalue weighted by molar-refractivity contribution is 6.22. The summed E-state index contributed by atoms with van der Waals surface area (Å²) in [7, 11) is 1.56. The van der Waals surface area contributed by atoms with Gasteiger partial charge >= 0.3 is 0 Å². The summed E-state index contributed by atoms with van der Waals surface area (Å²) in [6.07, 6.45) is 0.441. The molecule has 1 atom stereocenters. The Hall–Kier alpha value is -4.86. The molecule has 0 spiro atoms. The van der Waals surface area contributed by atoms with Crippen molar-refractivity contribution < 1.29 is 24.0 Å². The van der Waals surface area contributed by atoms with Gasteiger partial charge in [-0.15, -0.1) is 0 Å². The molecule has 1 unspecified atom stereocenters. The number of rotatable bonds is 6. The van der Waals surface area contributed by atoms with Gasteiger partial charge in [-0.3, -0.25) is 29.4 Å². The molecule has 10 heteroatoms. The number of benzene rings is 3. The molecule has 0 saturated heterocycles. The van der Waals surface area contributed by atoms with E-state index in [2.05, 4.69) is 5.10 Å². The second-order valence-electron chi connectivity index (χ2n) is 8.33. The Morgan fingerprint density at radius 3 is 2.39 bits per heavy atom. The first-order valence-corrected chi connectivity index (χ1v) is 11.1. The lowest BCUT2D eigenvalue weighted by molar-refractivity contribution is -0.384. The Labute approximate surface area is 205 Å². The van der Waals surface area contributed by atoms with Gasteiger partial charge in [0, 0.05) is 18.6 Å². The Bertz CT molecular complexity index is 1420. The summed E-state index contributed by atoms with van der Waals surface area (Å²) in [4.78, 5) is 50.5. The van der Waals surface area contributed by atoms with Crippen LogP contribution in [-0.4, -0.2) is 51.9 Å². The van der Waals surface area contributed by atoms with Gasteiger partial charge in [0.1, 0.15) is 12.3 Å². The summed E-state index contributed by atoms with van der Waals surface area (Å²) < 4.78 is 5.23. The summed E-state index contributed by atoms with van der Waals surface area (Å²) in [5.74, 6) is -1.31. The Morgan fingerprint density at radius 2 is 1.72 bits per heavy atom. The first kappa shape index (κ1) is 22.9. The minimum atomic E-state index is -0.750. The highest BCUT2D eigenvalue weighted by atomic mass is 16.6. The van der Waals surface area contributed by atoms with Crippen molar-refractivity contribution in [2.75, 3.05) is 13.7 Å². The van der Waals surface area contributed by atoms with E-state index in [-0.39, 0.29) is 16.8 Å². The summed E-state index contributed by atoms with van der Waals surface area (Å²) >= 11 is 0. The van der Waals surface area contributed by atoms with E-state index in [1.165, 1.54) is 11.1 Å². The molecule has 0 radical (unpaired) electrons. The number of non-ortho nitro benzene ring substituents is 1. The van der Waals surface area contributed by atoms with Gasteiger partial charge in [0.25, 0.3) is 23.4 Å². The SMILES string of the molecule is COc1ccc(C2CC(c3ccccc3)=NN2C(=O)CN2C(=O)c3ccc([N+](=O)[O-])cc3C2=O)cc1. The zero-order valence-electron chi connectivity index (χ0n) is 19.2. The third kappa shape index (κ3) is 3.98. The van der Waals surface area contributed by atoms with Gasteiger partial charge in [-0.2, -0.15) is 5.10 Å². The number of fused-ring (bicyclic) bond motifs is 1. The molecule has 2 aliphatic heterocycles. The maximum absolute atomic E-state index is 13.4. The highest BCUT2D eigenvalue weighted by Crippen LogP contribution is 2.34. The second-order valence-corrected chi connectivity index (χ2v) is 8.33. The van der Waals surface area contributed by atoms with E-state index in [0.29, 0.717) is 17.9 Å². The van der Waals surface area contributed by atoms with E-state index < -0.39 is 35.2 Å². The lowest BCUT2D eigenvalue weighted by atomic mass is 9.98. The fourth-order valence-electron chi connectivity index (χ4n) is 4.37. The van der Waals surface area contributed by atoms with Crippen molar-refractivity contribution in [2.45, 2.75) is 12.5 Å². The molecule has 3 aromatic rings. The van der Waals surface area contributed by atoms with E-state index >= 15 is 0 Å². The van der Waals surface area contributed by atoms with Gasteiger partial charge in [-0.25, -0.2) is 5.01 Å². The number of nitrogens with zero attached hydrogens (tertiary/aromatic N) is 4. The minimum absolute atomic E-state index is 0.0278. The molecule has 0 aromatic heterocycles. The molecule has 2 aliphatic rings. The van der Waals surface area contributed by atoms with Gasteiger partial charge in [0.05, 0.1) is 34.9 Å². The monoisotopic (exact) mass is 484 g/mol. The molecule has 0 fully saturated rings. The molecule has 10 nitrogen and oxygen atoms in total. The van der Waals surface area contributed by atoms with Crippen molar-refractivity contribution in [2.24, 2.45) is 5.10 Å². The van der Waals surface area contributed by atoms with Gasteiger partial charge in [-0.05, 0) is 29.3 Å². The molecule has 0 saturated carbocycles. The zero-order chi connectivity index (χ0) is 25.4. The van der Waals surface area contributed by atoms with Crippen LogP contribution in [0.5, 0.6) is 5.75 Å². The van der Waals surface area contributed by atoms with Crippen LogP contribution in [-0.2, 0) is 4.79 Å². The van der Waals surface area contributed by atoms with Crippen molar-refractivity contribution >= 4 is 29.1 Å². The highest BCUT2D eigenvalue weighted by Gasteiger charge is 2.41. The van der Waals surface area contributed by atoms with Crippen molar-refractivity contribution in [1.82, 2.24) is 9.91 Å². The Balaban J connectivity index is 1.44. The molecule has 5 rings (SSSR count). The number of carbonyl (C=O) groups is 3. The smallest absolute Gasteiger partial charge is 0.270 e. The van der Waals surface area contributed by atoms with E-state index in [4.69, 9.17) is 4.74 Å². The summed E-state index contributed by atoms with van der Waals surface area (Å²) in [5, 5.41) is 17.0. The van der Waals surface area contributed by atoms with Crippen LogP contribution in [0.1, 0.15) is 44.3 Å². The minimum Gasteiger partial charge on any atom is -0.497 e. The van der Waals surface area contributed by atoms with Gasteiger partial charge in [0.2, 0.25) is 0 Å². The summed E-state index contributed by atoms with van der Waals surface area (Å²) in [6.45, 7) is -0.543. The van der Waals surface area contributed by atoms with Crippen LogP contribution in [0.4, 0.5) is 5.69 Å². The van der Waals surface area contributed by atoms with Crippen LogP contribution in [0.3, 0.4) is 0 Å². The molecule has 0 aliphatic carbocycles. The van der Waals surface area contributed by atoms with Crippen LogP contribution in [0.2, 0.25) is 0 Å². The Morgan fingerprint density at radius 1 is 1.03 bits per heavy atom. The quantitative estimate of drug-likeness (QED) is 0.299. The number of nitro groups is 1. The standard InChI is InChI=1S/C26H20N4O6/c1-36-19-10-7-17(8-11-19)23-14-22(16-5-3-2-4-6-16)27-29(23)24(31)15-28-25(32)20-12-9-18(30(34)35)13-21(20)26(28)33/h2-13,23H,14-15H2,1H3. The number of carbonyl (C=O) groups excluding carboxylic acids is 3. The summed E-state index contributed by atoms with van der Waals surface area (Å²) in [6, 6.07) is 19.7. The van der Waals surface area contributed by atoms with Crippen LogP contribution in [0.25, 0.3) is 0 Å². The maximum Gasteiger partial charge on any atom is 0.270 e. The molecule has 2 heterocycles. The third-order valence-electron chi connectivity index (χ3n) is 6.23. The van der Waals surface area contributed by atoms with Crippen LogP contribution in [0.15, 0.2) is 77.9 Å². The van der Waals surface area contributed by atoms with Crippen molar-refractivity contribution in [3.63, 3.8) is 0 Å². The number of imide groups is 1. The first-order valence-electron chi connectivity index (χ1n) is 11.1. The predicted octanol–water partition coefficient (Wildman–Crippen LogP) is 3.58. The van der Waals surface area contributed by atoms with Crippen LogP contribution < -0.4 is 4.74 Å². The predicted molar refractivity (Wildman–Crippen MR) is 129 cm³/mol. The lowest BCUT2D eigenvalue weighted by Crippen LogP contribution is -2.41. The number of hydrogen-bond donors (Lipinski definition) is 0. The normalized spacial score (nSPS) is 16.7. The van der Waals surface area contributed by atoms with E-state index in [1.54, 1.807) is 19.2 Å². The van der Waals surface area contributed by atoms with Gasteiger partial charge < -0.3 is 4.74 Å². The van der Waals surface area contributed by atoms with Crippen molar-refractivity contribution in [1.29, 1.82) is 0 Å². The summed E-state index contributed by atoms with van der Waals surface area (Å²) in [5.41, 5.74) is 2.00.